The molecule has 0 aromatic carbocycles. The van der Waals surface area contributed by atoms with Crippen molar-refractivity contribution in [1.29, 1.82) is 0 Å². The van der Waals surface area contributed by atoms with Gasteiger partial charge in [-0.05, 0) is 38.0 Å². The molecule has 1 nitrogen and oxygen atoms in total. The van der Waals surface area contributed by atoms with Gasteiger partial charge in [0.2, 0.25) is 0 Å². The Morgan fingerprint density at radius 3 is 2.33 bits per heavy atom. The molecule has 1 saturated carbocycles. The Labute approximate surface area is 116 Å². The first kappa shape index (κ1) is 16.3. The summed E-state index contributed by atoms with van der Waals surface area (Å²) in [6.07, 6.45) is 0.615. The summed E-state index contributed by atoms with van der Waals surface area (Å²) in [5.74, 6) is 0.760. The van der Waals surface area contributed by atoms with Crippen LogP contribution < -0.4 is 0 Å². The highest BCUT2D eigenvalue weighted by molar-refractivity contribution is 9.09. The topological polar surface area (TPSA) is 9.23 Å². The largest absolute Gasteiger partial charge is 0.389 e. The van der Waals surface area contributed by atoms with Crippen LogP contribution in [-0.4, -0.2) is 23.7 Å². The average Bonchev–Trinajstić information content (AvgIpc) is 2.34. The fourth-order valence-electron chi connectivity index (χ4n) is 2.49. The van der Waals surface area contributed by atoms with E-state index in [1.165, 1.54) is 6.42 Å². The second kappa shape index (κ2) is 7.13. The van der Waals surface area contributed by atoms with E-state index in [2.05, 4.69) is 22.9 Å². The van der Waals surface area contributed by atoms with Crippen LogP contribution in [0.15, 0.2) is 0 Å². The van der Waals surface area contributed by atoms with Crippen molar-refractivity contribution in [2.75, 3.05) is 11.9 Å². The highest BCUT2D eigenvalue weighted by Crippen LogP contribution is 2.37. The summed E-state index contributed by atoms with van der Waals surface area (Å²) in [4.78, 5) is 0. The first-order valence-corrected chi connectivity index (χ1v) is 7.79. The molecule has 0 radical (unpaired) electrons. The fourth-order valence-corrected chi connectivity index (χ4v) is 3.21. The standard InChI is InChI=1S/C13H22BrF3O/c1-2-11-4-7-12(10-14,8-5-11)18-9-3-6-13(15,16)17/h11H,2-10H2,1H3. The van der Waals surface area contributed by atoms with E-state index in [0.717, 1.165) is 36.9 Å². The molecule has 0 atom stereocenters. The number of hydrogen-bond donors (Lipinski definition) is 0. The van der Waals surface area contributed by atoms with Crippen molar-refractivity contribution in [3.63, 3.8) is 0 Å². The van der Waals surface area contributed by atoms with Crippen LogP contribution in [0.4, 0.5) is 13.2 Å². The van der Waals surface area contributed by atoms with Gasteiger partial charge < -0.3 is 4.74 Å². The second-order valence-corrected chi connectivity index (χ2v) is 5.80. The lowest BCUT2D eigenvalue weighted by atomic mass is 9.79. The maximum atomic E-state index is 12.0. The quantitative estimate of drug-likeness (QED) is 0.487. The molecule has 0 N–H and O–H groups in total. The Kier molecular flexibility index (Phi) is 6.45. The molecule has 0 amide bonds. The van der Waals surface area contributed by atoms with Gasteiger partial charge in [0.25, 0.3) is 0 Å². The predicted molar refractivity (Wildman–Crippen MR) is 70.0 cm³/mol. The Balaban J connectivity index is 2.29. The van der Waals surface area contributed by atoms with E-state index in [4.69, 9.17) is 4.74 Å². The van der Waals surface area contributed by atoms with Crippen molar-refractivity contribution in [2.45, 2.75) is 63.6 Å². The summed E-state index contributed by atoms with van der Waals surface area (Å²) in [6, 6.07) is 0. The minimum atomic E-state index is -4.06. The van der Waals surface area contributed by atoms with E-state index in [1.807, 2.05) is 0 Å². The summed E-state index contributed by atoms with van der Waals surface area (Å²) in [7, 11) is 0. The molecule has 18 heavy (non-hydrogen) atoms. The zero-order valence-corrected chi connectivity index (χ0v) is 12.4. The van der Waals surface area contributed by atoms with Crippen molar-refractivity contribution in [3.05, 3.63) is 0 Å². The van der Waals surface area contributed by atoms with Gasteiger partial charge in [-0.1, -0.05) is 29.3 Å². The van der Waals surface area contributed by atoms with Gasteiger partial charge in [0.05, 0.1) is 5.60 Å². The van der Waals surface area contributed by atoms with E-state index in [1.54, 1.807) is 0 Å². The Bertz CT molecular complexity index is 235. The van der Waals surface area contributed by atoms with Gasteiger partial charge in [-0.3, -0.25) is 0 Å². The van der Waals surface area contributed by atoms with Crippen LogP contribution in [0, 0.1) is 5.92 Å². The number of ether oxygens (including phenoxy) is 1. The lowest BCUT2D eigenvalue weighted by Gasteiger charge is -2.39. The minimum Gasteiger partial charge on any atom is -0.374 e. The third kappa shape index (κ3) is 5.47. The fraction of sp³-hybridized carbons (Fsp3) is 1.00. The molecule has 0 unspecified atom stereocenters. The molecule has 1 aliphatic rings. The van der Waals surface area contributed by atoms with Crippen molar-refractivity contribution in [2.24, 2.45) is 5.92 Å². The number of hydrogen-bond acceptors (Lipinski definition) is 1. The van der Waals surface area contributed by atoms with Crippen molar-refractivity contribution in [1.82, 2.24) is 0 Å². The zero-order valence-electron chi connectivity index (χ0n) is 10.9. The molecular formula is C13H22BrF3O. The third-order valence-electron chi connectivity index (χ3n) is 3.85. The first-order valence-electron chi connectivity index (χ1n) is 6.67. The van der Waals surface area contributed by atoms with E-state index in [0.29, 0.717) is 0 Å². The van der Waals surface area contributed by atoms with E-state index >= 15 is 0 Å². The van der Waals surface area contributed by atoms with Gasteiger partial charge in [0.15, 0.2) is 0 Å². The summed E-state index contributed by atoms with van der Waals surface area (Å²) in [5.41, 5.74) is -0.225. The minimum absolute atomic E-state index is 0.0649. The highest BCUT2D eigenvalue weighted by Gasteiger charge is 2.35. The molecule has 0 aromatic heterocycles. The zero-order chi connectivity index (χ0) is 13.6. The normalized spacial score (nSPS) is 29.5. The van der Waals surface area contributed by atoms with Crippen molar-refractivity contribution >= 4 is 15.9 Å². The summed E-state index contributed by atoms with van der Waals surface area (Å²) >= 11 is 3.45. The van der Waals surface area contributed by atoms with Crippen LogP contribution in [-0.2, 0) is 4.74 Å². The Hall–Kier alpha value is 0.230. The van der Waals surface area contributed by atoms with Gasteiger partial charge in [-0.2, -0.15) is 13.2 Å². The van der Waals surface area contributed by atoms with Gasteiger partial charge >= 0.3 is 6.18 Å². The Morgan fingerprint density at radius 1 is 1.28 bits per heavy atom. The van der Waals surface area contributed by atoms with Crippen molar-refractivity contribution in [3.8, 4) is 0 Å². The molecule has 0 bridgehead atoms. The molecule has 5 heteroatoms. The lowest BCUT2D eigenvalue weighted by molar-refractivity contribution is -0.142. The SMILES string of the molecule is CCC1CCC(CBr)(OCCCC(F)(F)F)CC1. The smallest absolute Gasteiger partial charge is 0.374 e. The Morgan fingerprint density at radius 2 is 1.89 bits per heavy atom. The molecule has 0 heterocycles. The van der Waals surface area contributed by atoms with Crippen LogP contribution in [0.3, 0.4) is 0 Å². The average molecular weight is 331 g/mol. The van der Waals surface area contributed by atoms with Crippen LogP contribution >= 0.6 is 15.9 Å². The van der Waals surface area contributed by atoms with E-state index in [9.17, 15) is 13.2 Å². The monoisotopic (exact) mass is 330 g/mol. The summed E-state index contributed by atoms with van der Waals surface area (Å²) < 4.78 is 41.9. The van der Waals surface area contributed by atoms with Crippen LogP contribution in [0.25, 0.3) is 0 Å². The second-order valence-electron chi connectivity index (χ2n) is 5.24. The lowest BCUT2D eigenvalue weighted by Crippen LogP contribution is -2.39. The molecule has 1 aliphatic carbocycles. The first-order chi connectivity index (χ1) is 8.41. The van der Waals surface area contributed by atoms with Crippen LogP contribution in [0.5, 0.6) is 0 Å². The molecule has 1 fully saturated rings. The van der Waals surface area contributed by atoms with Crippen molar-refractivity contribution < 1.29 is 17.9 Å². The van der Waals surface area contributed by atoms with Gasteiger partial charge in [0.1, 0.15) is 0 Å². The molecule has 108 valence electrons. The van der Waals surface area contributed by atoms with Gasteiger partial charge in [0, 0.05) is 18.4 Å². The number of rotatable bonds is 6. The summed E-state index contributed by atoms with van der Waals surface area (Å²) in [6.45, 7) is 2.40. The maximum absolute atomic E-state index is 12.0. The molecule has 0 saturated heterocycles. The number of alkyl halides is 4. The molecule has 1 rings (SSSR count). The molecule has 0 spiro atoms. The predicted octanol–water partition coefficient (Wildman–Crippen LogP) is 5.08. The van der Waals surface area contributed by atoms with Gasteiger partial charge in [-0.15, -0.1) is 0 Å². The molecule has 0 aromatic rings. The third-order valence-corrected chi connectivity index (χ3v) is 4.87. The van der Waals surface area contributed by atoms with Crippen LogP contribution in [0.2, 0.25) is 0 Å². The van der Waals surface area contributed by atoms with E-state index in [-0.39, 0.29) is 18.6 Å². The van der Waals surface area contributed by atoms with Gasteiger partial charge in [-0.25, -0.2) is 0 Å². The maximum Gasteiger partial charge on any atom is 0.389 e. The van der Waals surface area contributed by atoms with E-state index < -0.39 is 12.6 Å². The highest BCUT2D eigenvalue weighted by atomic mass is 79.9. The van der Waals surface area contributed by atoms with Crippen LogP contribution in [0.1, 0.15) is 51.9 Å². The number of halogens is 4. The summed E-state index contributed by atoms with van der Waals surface area (Å²) in [5, 5.41) is 0.725. The molecular weight excluding hydrogens is 309 g/mol. The molecule has 0 aliphatic heterocycles.